The first-order chi connectivity index (χ1) is 14.0. The molecule has 0 aliphatic rings. The Morgan fingerprint density at radius 3 is 2.69 bits per heavy atom. The average Bonchev–Trinajstić information content (AvgIpc) is 3.09. The molecule has 0 amide bonds. The summed E-state index contributed by atoms with van der Waals surface area (Å²) in [6, 6.07) is 11.3. The van der Waals surface area contributed by atoms with Gasteiger partial charge in [0.15, 0.2) is 0 Å². The molecule has 5 nitrogen and oxygen atoms in total. The summed E-state index contributed by atoms with van der Waals surface area (Å²) in [5.41, 5.74) is 3.06. The van der Waals surface area contributed by atoms with Crippen molar-refractivity contribution in [2.45, 2.75) is 13.8 Å². The number of benzene rings is 2. The average molecular weight is 412 g/mol. The van der Waals surface area contributed by atoms with Crippen LogP contribution in [0, 0.1) is 5.82 Å². The maximum Gasteiger partial charge on any atom is 0.206 e. The molecule has 0 spiro atoms. The van der Waals surface area contributed by atoms with Crippen molar-refractivity contribution in [3.05, 3.63) is 76.2 Å². The van der Waals surface area contributed by atoms with E-state index < -0.39 is 0 Å². The normalized spacial score (nSPS) is 11.9. The largest absolute Gasteiger partial charge is 0.507 e. The lowest BCUT2D eigenvalue weighted by atomic mass is 10.2. The third-order valence-electron chi connectivity index (χ3n) is 3.93. The monoisotopic (exact) mass is 411 g/mol. The van der Waals surface area contributed by atoms with Gasteiger partial charge in [0.05, 0.1) is 25.1 Å². The van der Waals surface area contributed by atoms with Crippen molar-refractivity contribution in [3.63, 3.8) is 0 Å². The van der Waals surface area contributed by atoms with Crippen LogP contribution < -0.4 is 9.54 Å². The van der Waals surface area contributed by atoms with Gasteiger partial charge in [0.25, 0.3) is 0 Å². The molecular weight excluding hydrogens is 389 g/mol. The highest BCUT2D eigenvalue weighted by molar-refractivity contribution is 7.07. The topological polar surface area (TPSA) is 59.1 Å². The Hall–Kier alpha value is -3.19. The summed E-state index contributed by atoms with van der Waals surface area (Å²) in [5.74, 6) is 0.360. The molecule has 0 aliphatic heterocycles. The SMILES string of the molecule is C=C(C)CN=c1scc(-c2ccc(F)cc2)n1N=Cc1ccc(OCC)cc1O. The van der Waals surface area contributed by atoms with Gasteiger partial charge in [0.2, 0.25) is 4.80 Å². The van der Waals surface area contributed by atoms with E-state index in [-0.39, 0.29) is 11.6 Å². The van der Waals surface area contributed by atoms with E-state index in [0.717, 1.165) is 16.8 Å². The quantitative estimate of drug-likeness (QED) is 0.448. The molecule has 7 heteroatoms. The highest BCUT2D eigenvalue weighted by atomic mass is 32.1. The molecule has 0 saturated heterocycles. The van der Waals surface area contributed by atoms with Crippen LogP contribution in [0.2, 0.25) is 0 Å². The summed E-state index contributed by atoms with van der Waals surface area (Å²) >= 11 is 1.43. The molecule has 0 fully saturated rings. The van der Waals surface area contributed by atoms with Crippen molar-refractivity contribution in [2.75, 3.05) is 13.2 Å². The molecule has 3 aromatic rings. The maximum atomic E-state index is 13.3. The van der Waals surface area contributed by atoms with Crippen molar-refractivity contribution in [1.82, 2.24) is 4.68 Å². The third-order valence-corrected chi connectivity index (χ3v) is 4.79. The Labute approximate surface area is 172 Å². The zero-order valence-electron chi connectivity index (χ0n) is 16.3. The number of aromatic nitrogens is 1. The zero-order chi connectivity index (χ0) is 20.8. The van der Waals surface area contributed by atoms with Crippen molar-refractivity contribution < 1.29 is 14.2 Å². The van der Waals surface area contributed by atoms with Gasteiger partial charge in [0.1, 0.15) is 17.3 Å². The van der Waals surface area contributed by atoms with Crippen molar-refractivity contribution in [2.24, 2.45) is 10.1 Å². The lowest BCUT2D eigenvalue weighted by molar-refractivity contribution is 0.337. The predicted octanol–water partition coefficient (Wildman–Crippen LogP) is 4.82. The van der Waals surface area contributed by atoms with Gasteiger partial charge in [0, 0.05) is 22.6 Å². The van der Waals surface area contributed by atoms with E-state index in [1.54, 1.807) is 41.2 Å². The lowest BCUT2D eigenvalue weighted by Gasteiger charge is -2.06. The van der Waals surface area contributed by atoms with Gasteiger partial charge >= 0.3 is 0 Å². The lowest BCUT2D eigenvalue weighted by Crippen LogP contribution is -2.13. The van der Waals surface area contributed by atoms with Gasteiger partial charge < -0.3 is 9.84 Å². The van der Waals surface area contributed by atoms with Crippen molar-refractivity contribution in [3.8, 4) is 22.8 Å². The molecular formula is C22H22FN3O2S. The molecule has 29 heavy (non-hydrogen) atoms. The summed E-state index contributed by atoms with van der Waals surface area (Å²) in [6.07, 6.45) is 1.56. The molecule has 0 atom stereocenters. The Kier molecular flexibility index (Phi) is 6.61. The minimum absolute atomic E-state index is 0.0688. The third kappa shape index (κ3) is 5.20. The van der Waals surface area contributed by atoms with Crippen molar-refractivity contribution >= 4 is 17.6 Å². The molecule has 1 aromatic heterocycles. The number of nitrogens with zero attached hydrogens (tertiary/aromatic N) is 3. The van der Waals surface area contributed by atoms with Gasteiger partial charge in [-0.15, -0.1) is 11.3 Å². The van der Waals surface area contributed by atoms with E-state index in [9.17, 15) is 9.50 Å². The Morgan fingerprint density at radius 1 is 1.28 bits per heavy atom. The summed E-state index contributed by atoms with van der Waals surface area (Å²) < 4.78 is 20.4. The molecule has 1 heterocycles. The molecule has 0 bridgehead atoms. The number of thiazole rings is 1. The van der Waals surface area contributed by atoms with Crippen LogP contribution in [0.4, 0.5) is 4.39 Å². The minimum atomic E-state index is -0.300. The fourth-order valence-electron chi connectivity index (χ4n) is 2.55. The van der Waals surface area contributed by atoms with Crippen LogP contribution in [0.25, 0.3) is 11.3 Å². The standard InChI is InChI=1S/C22H22FN3O2S/c1-4-28-19-10-7-17(21(27)11-19)13-25-26-20(16-5-8-18(23)9-6-16)14-29-22(26)24-12-15(2)3/h5-11,13-14,27H,2,4,12H2,1,3H3. The number of phenols is 1. The van der Waals surface area contributed by atoms with E-state index in [1.165, 1.54) is 23.5 Å². The van der Waals surface area contributed by atoms with Crippen LogP contribution in [-0.4, -0.2) is 29.1 Å². The van der Waals surface area contributed by atoms with E-state index >= 15 is 0 Å². The molecule has 0 aliphatic carbocycles. The van der Waals surface area contributed by atoms with E-state index in [1.807, 2.05) is 19.2 Å². The molecule has 150 valence electrons. The van der Waals surface area contributed by atoms with Gasteiger partial charge in [-0.3, -0.25) is 4.99 Å². The summed E-state index contributed by atoms with van der Waals surface area (Å²) in [4.78, 5) is 5.23. The molecule has 0 radical (unpaired) electrons. The van der Waals surface area contributed by atoms with E-state index in [0.29, 0.717) is 29.3 Å². The summed E-state index contributed by atoms with van der Waals surface area (Å²) in [7, 11) is 0. The highest BCUT2D eigenvalue weighted by Crippen LogP contribution is 2.23. The molecule has 0 unspecified atom stereocenters. The number of hydrogen-bond acceptors (Lipinski definition) is 5. The van der Waals surface area contributed by atoms with Crippen LogP contribution in [0.15, 0.2) is 70.1 Å². The van der Waals surface area contributed by atoms with Gasteiger partial charge in [-0.2, -0.15) is 5.10 Å². The second-order valence-electron chi connectivity index (χ2n) is 6.39. The first-order valence-corrected chi connectivity index (χ1v) is 9.97. The second kappa shape index (κ2) is 9.34. The Balaban J connectivity index is 2.03. The molecule has 3 rings (SSSR count). The summed E-state index contributed by atoms with van der Waals surface area (Å²) in [6.45, 7) is 8.67. The number of phenolic OH excluding ortho intramolecular Hbond substituents is 1. The van der Waals surface area contributed by atoms with Gasteiger partial charge in [-0.1, -0.05) is 12.2 Å². The van der Waals surface area contributed by atoms with Crippen molar-refractivity contribution in [1.29, 1.82) is 0 Å². The number of halogens is 1. The van der Waals surface area contributed by atoms with Crippen LogP contribution in [0.3, 0.4) is 0 Å². The Bertz CT molecular complexity index is 1100. The Morgan fingerprint density at radius 2 is 2.03 bits per heavy atom. The fraction of sp³-hybridized carbons (Fsp3) is 0.182. The number of ether oxygens (including phenoxy) is 1. The molecule has 1 N–H and O–H groups in total. The zero-order valence-corrected chi connectivity index (χ0v) is 17.1. The number of hydrogen-bond donors (Lipinski definition) is 1. The summed E-state index contributed by atoms with van der Waals surface area (Å²) in [5, 5.41) is 16.7. The second-order valence-corrected chi connectivity index (χ2v) is 7.23. The first-order valence-electron chi connectivity index (χ1n) is 9.09. The number of rotatable bonds is 7. The minimum Gasteiger partial charge on any atom is -0.507 e. The number of aromatic hydroxyl groups is 1. The molecule has 0 saturated carbocycles. The van der Waals surface area contributed by atoms with Crippen LogP contribution in [0.1, 0.15) is 19.4 Å². The van der Waals surface area contributed by atoms with E-state index in [2.05, 4.69) is 16.7 Å². The van der Waals surface area contributed by atoms with Crippen LogP contribution >= 0.6 is 11.3 Å². The highest BCUT2D eigenvalue weighted by Gasteiger charge is 2.08. The van der Waals surface area contributed by atoms with E-state index in [4.69, 9.17) is 4.74 Å². The van der Waals surface area contributed by atoms with Gasteiger partial charge in [-0.25, -0.2) is 9.07 Å². The predicted molar refractivity (Wildman–Crippen MR) is 115 cm³/mol. The van der Waals surface area contributed by atoms with Crippen LogP contribution in [-0.2, 0) is 0 Å². The fourth-order valence-corrected chi connectivity index (χ4v) is 3.39. The smallest absolute Gasteiger partial charge is 0.206 e. The molecule has 2 aromatic carbocycles. The maximum absolute atomic E-state index is 13.3. The van der Waals surface area contributed by atoms with Crippen LogP contribution in [0.5, 0.6) is 11.5 Å². The first kappa shape index (κ1) is 20.5. The van der Waals surface area contributed by atoms with Gasteiger partial charge in [-0.05, 0) is 50.2 Å².